The fourth-order valence-corrected chi connectivity index (χ4v) is 3.10. The summed E-state index contributed by atoms with van der Waals surface area (Å²) in [5, 5.41) is 9.19. The summed E-state index contributed by atoms with van der Waals surface area (Å²) in [7, 11) is 1.26. The minimum absolute atomic E-state index is 0.111. The summed E-state index contributed by atoms with van der Waals surface area (Å²) in [6.07, 6.45) is 0. The molecule has 0 saturated carbocycles. The van der Waals surface area contributed by atoms with Crippen molar-refractivity contribution in [3.8, 4) is 11.3 Å². The Morgan fingerprint density at radius 1 is 0.967 bits per heavy atom. The van der Waals surface area contributed by atoms with Crippen molar-refractivity contribution in [1.82, 2.24) is 4.98 Å². The average Bonchev–Trinajstić information content (AvgIpc) is 2.77. The lowest BCUT2D eigenvalue weighted by molar-refractivity contribution is 0.0600. The van der Waals surface area contributed by atoms with Gasteiger partial charge < -0.3 is 9.72 Å². The molecule has 0 atom stereocenters. The number of carbonyl (C=O) groups is 1. The van der Waals surface area contributed by atoms with Gasteiger partial charge in [-0.15, -0.1) is 0 Å². The van der Waals surface area contributed by atoms with Crippen LogP contribution in [0.25, 0.3) is 11.3 Å². The van der Waals surface area contributed by atoms with E-state index in [1.807, 2.05) is 37.3 Å². The molecule has 152 valence electrons. The first-order chi connectivity index (χ1) is 14.4. The lowest BCUT2D eigenvalue weighted by atomic mass is 9.97. The van der Waals surface area contributed by atoms with Gasteiger partial charge in [0.15, 0.2) is 0 Å². The largest absolute Gasteiger partial charge is 0.465 e. The van der Waals surface area contributed by atoms with Gasteiger partial charge in [-0.25, -0.2) is 4.79 Å². The summed E-state index contributed by atoms with van der Waals surface area (Å²) in [5.41, 5.74) is 3.33. The molecule has 0 unspecified atom stereocenters. The van der Waals surface area contributed by atoms with Gasteiger partial charge in [0.1, 0.15) is 0 Å². The predicted molar refractivity (Wildman–Crippen MR) is 120 cm³/mol. The Hall–Kier alpha value is -3.51. The van der Waals surface area contributed by atoms with Crippen molar-refractivity contribution in [3.05, 3.63) is 92.7 Å². The molecule has 6 nitrogen and oxygen atoms in total. The first kappa shape index (κ1) is 21.2. The number of hydrogen-bond acceptors (Lipinski definition) is 5. The number of methoxy groups -OCH3 is 1. The molecular weight excluding hydrogens is 402 g/mol. The van der Waals surface area contributed by atoms with Crippen LogP contribution in [0.1, 0.15) is 35.3 Å². The lowest BCUT2D eigenvalue weighted by Gasteiger charge is -2.13. The Balaban J connectivity index is 2.19. The molecule has 1 N–H and O–H groups in total. The number of esters is 1. The maximum absolute atomic E-state index is 12.4. The van der Waals surface area contributed by atoms with Crippen molar-refractivity contribution in [2.45, 2.75) is 13.8 Å². The maximum atomic E-state index is 12.4. The molecule has 3 aromatic rings. The van der Waals surface area contributed by atoms with Crippen LogP contribution in [0.3, 0.4) is 0 Å². The number of aromatic amines is 1. The average molecular weight is 422 g/mol. The second kappa shape index (κ2) is 9.33. The van der Waals surface area contributed by atoms with Crippen LogP contribution in [-0.4, -0.2) is 29.5 Å². The van der Waals surface area contributed by atoms with E-state index >= 15 is 0 Å². The third-order valence-corrected chi connectivity index (χ3v) is 4.74. The summed E-state index contributed by atoms with van der Waals surface area (Å²) < 4.78 is 4.88. The predicted octanol–water partition coefficient (Wildman–Crippen LogP) is 4.72. The van der Waals surface area contributed by atoms with Gasteiger partial charge in [-0.05, 0) is 37.1 Å². The zero-order chi connectivity index (χ0) is 21.7. The molecule has 0 fully saturated rings. The van der Waals surface area contributed by atoms with E-state index in [4.69, 9.17) is 16.3 Å². The Bertz CT molecular complexity index is 1180. The van der Waals surface area contributed by atoms with Crippen LogP contribution in [-0.2, 0) is 4.74 Å². The van der Waals surface area contributed by atoms with Crippen LogP contribution in [0.15, 0.2) is 75.7 Å². The van der Waals surface area contributed by atoms with Gasteiger partial charge >= 0.3 is 5.97 Å². The normalized spacial score (nSPS) is 12.0. The van der Waals surface area contributed by atoms with Gasteiger partial charge in [0.05, 0.1) is 29.8 Å². The molecule has 0 spiro atoms. The number of carbonyl (C=O) groups excluding carboxylic acids is 1. The molecule has 7 heteroatoms. The topological polar surface area (TPSA) is 83.9 Å². The molecule has 0 bridgehead atoms. The summed E-state index contributed by atoms with van der Waals surface area (Å²) in [6.45, 7) is 3.57. The first-order valence-electron chi connectivity index (χ1n) is 9.17. The van der Waals surface area contributed by atoms with E-state index in [0.717, 1.165) is 5.56 Å². The Morgan fingerprint density at radius 2 is 1.60 bits per heavy atom. The SMILES string of the molecule is COC(=O)c1cc(=O)[nH]c(-c2ccc(Cl)cc2)c1/C(C)=N\N=C(\C)c1ccccc1. The number of pyridine rings is 1. The molecule has 1 heterocycles. The van der Waals surface area contributed by atoms with Crippen LogP contribution in [0, 0.1) is 0 Å². The quantitative estimate of drug-likeness (QED) is 0.367. The number of halogens is 1. The molecule has 0 aliphatic heterocycles. The number of benzene rings is 2. The number of ether oxygens (including phenoxy) is 1. The minimum Gasteiger partial charge on any atom is -0.465 e. The lowest BCUT2D eigenvalue weighted by Crippen LogP contribution is -2.18. The van der Waals surface area contributed by atoms with Crippen molar-refractivity contribution < 1.29 is 9.53 Å². The summed E-state index contributed by atoms with van der Waals surface area (Å²) >= 11 is 5.99. The second-order valence-corrected chi connectivity index (χ2v) is 6.97. The van der Waals surface area contributed by atoms with E-state index in [-0.39, 0.29) is 5.56 Å². The number of hydrogen-bond donors (Lipinski definition) is 1. The van der Waals surface area contributed by atoms with E-state index in [1.54, 1.807) is 31.2 Å². The van der Waals surface area contributed by atoms with E-state index < -0.39 is 11.5 Å². The van der Waals surface area contributed by atoms with Gasteiger partial charge in [-0.1, -0.05) is 54.1 Å². The highest BCUT2D eigenvalue weighted by atomic mass is 35.5. The van der Waals surface area contributed by atoms with Crippen LogP contribution < -0.4 is 5.56 Å². The third kappa shape index (κ3) is 4.72. The van der Waals surface area contributed by atoms with Gasteiger partial charge in [0, 0.05) is 16.7 Å². The van der Waals surface area contributed by atoms with Crippen LogP contribution >= 0.6 is 11.6 Å². The van der Waals surface area contributed by atoms with Crippen molar-refractivity contribution in [3.63, 3.8) is 0 Å². The van der Waals surface area contributed by atoms with E-state index in [1.165, 1.54) is 13.2 Å². The minimum atomic E-state index is -0.635. The standard InChI is InChI=1S/C23H20ClN3O3/c1-14(16-7-5-4-6-8-16)26-27-15(2)21-19(23(29)30-3)13-20(28)25-22(21)17-9-11-18(24)12-10-17/h4-13H,1-3H3,(H,25,28)/b26-14-,27-15-. The van der Waals surface area contributed by atoms with E-state index in [9.17, 15) is 9.59 Å². The maximum Gasteiger partial charge on any atom is 0.338 e. The molecule has 0 aliphatic carbocycles. The fraction of sp³-hybridized carbons (Fsp3) is 0.130. The zero-order valence-corrected chi connectivity index (χ0v) is 17.5. The molecule has 30 heavy (non-hydrogen) atoms. The van der Waals surface area contributed by atoms with Crippen LogP contribution in [0.2, 0.25) is 5.02 Å². The highest BCUT2D eigenvalue weighted by molar-refractivity contribution is 6.30. The van der Waals surface area contributed by atoms with Gasteiger partial charge in [-0.3, -0.25) is 4.79 Å². The van der Waals surface area contributed by atoms with Crippen molar-refractivity contribution in [2.75, 3.05) is 7.11 Å². The van der Waals surface area contributed by atoms with Gasteiger partial charge in [-0.2, -0.15) is 10.2 Å². The number of rotatable bonds is 5. The first-order valence-corrected chi connectivity index (χ1v) is 9.54. The van der Waals surface area contributed by atoms with Crippen molar-refractivity contribution in [1.29, 1.82) is 0 Å². The zero-order valence-electron chi connectivity index (χ0n) is 16.8. The molecule has 0 aliphatic rings. The van der Waals surface area contributed by atoms with Crippen LogP contribution in [0.5, 0.6) is 0 Å². The molecule has 2 aromatic carbocycles. The summed E-state index contributed by atoms with van der Waals surface area (Å²) in [6, 6.07) is 17.7. The number of aromatic nitrogens is 1. The number of nitrogens with zero attached hydrogens (tertiary/aromatic N) is 2. The Labute approximate surface area is 178 Å². The smallest absolute Gasteiger partial charge is 0.338 e. The molecule has 1 aromatic heterocycles. The Morgan fingerprint density at radius 3 is 2.23 bits per heavy atom. The molecule has 0 radical (unpaired) electrons. The fourth-order valence-electron chi connectivity index (χ4n) is 2.98. The number of H-pyrrole nitrogens is 1. The number of nitrogens with one attached hydrogen (secondary N) is 1. The van der Waals surface area contributed by atoms with E-state index in [0.29, 0.717) is 33.3 Å². The highest BCUT2D eigenvalue weighted by Crippen LogP contribution is 2.26. The summed E-state index contributed by atoms with van der Waals surface area (Å²) in [4.78, 5) is 27.4. The van der Waals surface area contributed by atoms with E-state index in [2.05, 4.69) is 15.2 Å². The van der Waals surface area contributed by atoms with Crippen molar-refractivity contribution in [2.24, 2.45) is 10.2 Å². The highest BCUT2D eigenvalue weighted by Gasteiger charge is 2.21. The van der Waals surface area contributed by atoms with Gasteiger partial charge in [0.2, 0.25) is 5.56 Å². The van der Waals surface area contributed by atoms with Gasteiger partial charge in [0.25, 0.3) is 0 Å². The molecular formula is C23H20ClN3O3. The Kier molecular flexibility index (Phi) is 6.59. The monoisotopic (exact) mass is 421 g/mol. The molecule has 0 amide bonds. The summed E-state index contributed by atoms with van der Waals surface area (Å²) in [5.74, 6) is -0.635. The van der Waals surface area contributed by atoms with Crippen molar-refractivity contribution >= 4 is 29.0 Å². The molecule has 3 rings (SSSR count). The van der Waals surface area contributed by atoms with Crippen LogP contribution in [0.4, 0.5) is 0 Å². The second-order valence-electron chi connectivity index (χ2n) is 6.53. The third-order valence-electron chi connectivity index (χ3n) is 4.48. The molecule has 0 saturated heterocycles.